The van der Waals surface area contributed by atoms with Crippen molar-refractivity contribution in [2.24, 2.45) is 11.8 Å². The number of benzene rings is 1. The van der Waals surface area contributed by atoms with Gasteiger partial charge >= 0.3 is 0 Å². The van der Waals surface area contributed by atoms with Gasteiger partial charge in [0.25, 0.3) is 0 Å². The molecular weight excluding hydrogens is 228 g/mol. The van der Waals surface area contributed by atoms with Crippen LogP contribution in [0, 0.1) is 11.8 Å². The summed E-state index contributed by atoms with van der Waals surface area (Å²) >= 11 is 0. The highest BCUT2D eigenvalue weighted by Crippen LogP contribution is 2.44. The fourth-order valence-corrected chi connectivity index (χ4v) is 3.08. The van der Waals surface area contributed by atoms with Crippen molar-refractivity contribution < 1.29 is 0 Å². The first-order chi connectivity index (χ1) is 9.33. The van der Waals surface area contributed by atoms with Gasteiger partial charge in [0.05, 0.1) is 0 Å². The SMILES string of the molecule is C/C=C(\C(=C/C)c1ccccc1CC1CC1)C1CC1. The Bertz CT molecular complexity index is 511. The van der Waals surface area contributed by atoms with Crippen molar-refractivity contribution in [3.63, 3.8) is 0 Å². The average Bonchev–Trinajstić information content (AvgIpc) is 3.30. The molecule has 0 spiro atoms. The van der Waals surface area contributed by atoms with Crippen molar-refractivity contribution in [3.8, 4) is 0 Å². The van der Waals surface area contributed by atoms with Crippen molar-refractivity contribution in [1.82, 2.24) is 0 Å². The zero-order chi connectivity index (χ0) is 13.2. The molecule has 0 aliphatic heterocycles. The Kier molecular flexibility index (Phi) is 3.59. The van der Waals surface area contributed by atoms with Crippen LogP contribution in [0.15, 0.2) is 42.0 Å². The molecular formula is C19H24. The highest BCUT2D eigenvalue weighted by Gasteiger charge is 2.29. The molecule has 2 aliphatic rings. The Morgan fingerprint density at radius 3 is 2.37 bits per heavy atom. The summed E-state index contributed by atoms with van der Waals surface area (Å²) in [4.78, 5) is 0. The molecule has 0 N–H and O–H groups in total. The van der Waals surface area contributed by atoms with E-state index < -0.39 is 0 Å². The molecule has 0 unspecified atom stereocenters. The molecule has 2 saturated carbocycles. The van der Waals surface area contributed by atoms with Crippen LogP contribution < -0.4 is 0 Å². The quantitative estimate of drug-likeness (QED) is 0.616. The van der Waals surface area contributed by atoms with E-state index in [0.29, 0.717) is 0 Å². The topological polar surface area (TPSA) is 0 Å². The van der Waals surface area contributed by atoms with Crippen LogP contribution in [0.25, 0.3) is 5.57 Å². The standard InChI is InChI=1S/C19H24/c1-3-17(15-11-12-15)18(4-2)19-8-6-5-7-16(19)13-14-9-10-14/h3-8,14-15H,9-13H2,1-2H3/b17-3-,18-4+. The summed E-state index contributed by atoms with van der Waals surface area (Å²) in [6, 6.07) is 9.03. The van der Waals surface area contributed by atoms with E-state index in [0.717, 1.165) is 11.8 Å². The summed E-state index contributed by atoms with van der Waals surface area (Å²) in [5, 5.41) is 0. The maximum absolute atomic E-state index is 2.33. The minimum Gasteiger partial charge on any atom is -0.0836 e. The van der Waals surface area contributed by atoms with Crippen LogP contribution in [0.2, 0.25) is 0 Å². The zero-order valence-electron chi connectivity index (χ0n) is 12.2. The Balaban J connectivity index is 1.94. The van der Waals surface area contributed by atoms with Crippen LogP contribution >= 0.6 is 0 Å². The van der Waals surface area contributed by atoms with E-state index in [1.807, 2.05) is 0 Å². The van der Waals surface area contributed by atoms with Crippen LogP contribution in [0.3, 0.4) is 0 Å². The fourth-order valence-electron chi connectivity index (χ4n) is 3.08. The van der Waals surface area contributed by atoms with E-state index in [1.54, 1.807) is 11.1 Å². The van der Waals surface area contributed by atoms with E-state index >= 15 is 0 Å². The lowest BCUT2D eigenvalue weighted by molar-refractivity contribution is 0.829. The number of rotatable bonds is 5. The molecule has 2 fully saturated rings. The lowest BCUT2D eigenvalue weighted by Crippen LogP contribution is -1.99. The first kappa shape index (κ1) is 12.7. The molecule has 0 aromatic heterocycles. The third-order valence-electron chi connectivity index (χ3n) is 4.44. The van der Waals surface area contributed by atoms with Gasteiger partial charge in [-0.05, 0) is 80.1 Å². The van der Waals surface area contributed by atoms with Crippen molar-refractivity contribution in [2.45, 2.75) is 46.0 Å². The highest BCUT2D eigenvalue weighted by molar-refractivity contribution is 5.81. The van der Waals surface area contributed by atoms with Crippen LogP contribution in [-0.2, 0) is 6.42 Å². The van der Waals surface area contributed by atoms with Crippen LogP contribution in [0.1, 0.15) is 50.7 Å². The Morgan fingerprint density at radius 1 is 1.05 bits per heavy atom. The average molecular weight is 252 g/mol. The van der Waals surface area contributed by atoms with Gasteiger partial charge in [0.15, 0.2) is 0 Å². The molecule has 19 heavy (non-hydrogen) atoms. The van der Waals surface area contributed by atoms with E-state index in [-0.39, 0.29) is 0 Å². The molecule has 2 aliphatic carbocycles. The summed E-state index contributed by atoms with van der Waals surface area (Å²) in [5.74, 6) is 1.78. The third-order valence-corrected chi connectivity index (χ3v) is 4.44. The van der Waals surface area contributed by atoms with Crippen molar-refractivity contribution in [2.75, 3.05) is 0 Å². The second kappa shape index (κ2) is 5.36. The molecule has 0 atom stereocenters. The molecule has 0 radical (unpaired) electrons. The largest absolute Gasteiger partial charge is 0.0836 e. The maximum atomic E-state index is 2.33. The van der Waals surface area contributed by atoms with E-state index in [2.05, 4.69) is 50.3 Å². The van der Waals surface area contributed by atoms with Gasteiger partial charge in [-0.3, -0.25) is 0 Å². The van der Waals surface area contributed by atoms with E-state index in [4.69, 9.17) is 0 Å². The van der Waals surface area contributed by atoms with Gasteiger partial charge in [-0.2, -0.15) is 0 Å². The minimum absolute atomic E-state index is 0.824. The lowest BCUT2D eigenvalue weighted by Gasteiger charge is -2.16. The molecule has 0 nitrogen and oxygen atoms in total. The second-order valence-corrected chi connectivity index (χ2v) is 6.03. The molecule has 0 saturated heterocycles. The zero-order valence-corrected chi connectivity index (χ0v) is 12.2. The first-order valence-electron chi connectivity index (χ1n) is 7.74. The van der Waals surface area contributed by atoms with Crippen LogP contribution in [-0.4, -0.2) is 0 Å². The van der Waals surface area contributed by atoms with Crippen LogP contribution in [0.5, 0.6) is 0 Å². The number of allylic oxidation sites excluding steroid dienone is 4. The molecule has 1 aromatic carbocycles. The molecule has 0 amide bonds. The summed E-state index contributed by atoms with van der Waals surface area (Å²) in [5.41, 5.74) is 6.10. The van der Waals surface area contributed by atoms with Gasteiger partial charge in [0, 0.05) is 0 Å². The smallest absolute Gasteiger partial charge is 0.0152 e. The van der Waals surface area contributed by atoms with Crippen molar-refractivity contribution >= 4 is 5.57 Å². The Morgan fingerprint density at radius 2 is 1.79 bits per heavy atom. The van der Waals surface area contributed by atoms with Crippen molar-refractivity contribution in [3.05, 3.63) is 53.1 Å². The molecule has 0 bridgehead atoms. The summed E-state index contributed by atoms with van der Waals surface area (Å²) in [7, 11) is 0. The Hall–Kier alpha value is -1.30. The van der Waals surface area contributed by atoms with E-state index in [1.165, 1.54) is 43.2 Å². The molecule has 100 valence electrons. The maximum Gasteiger partial charge on any atom is -0.0152 e. The predicted octanol–water partition coefficient (Wildman–Crippen LogP) is 5.40. The first-order valence-corrected chi connectivity index (χ1v) is 7.74. The summed E-state index contributed by atoms with van der Waals surface area (Å²) < 4.78 is 0. The van der Waals surface area contributed by atoms with Gasteiger partial charge < -0.3 is 0 Å². The fraction of sp³-hybridized carbons (Fsp3) is 0.474. The second-order valence-electron chi connectivity index (χ2n) is 6.03. The van der Waals surface area contributed by atoms with Gasteiger partial charge in [-0.15, -0.1) is 0 Å². The highest BCUT2D eigenvalue weighted by atomic mass is 14.3. The minimum atomic E-state index is 0.824. The summed E-state index contributed by atoms with van der Waals surface area (Å²) in [6.07, 6.45) is 11.5. The van der Waals surface area contributed by atoms with Crippen LogP contribution in [0.4, 0.5) is 0 Å². The van der Waals surface area contributed by atoms with E-state index in [9.17, 15) is 0 Å². The summed E-state index contributed by atoms with van der Waals surface area (Å²) in [6.45, 7) is 4.38. The van der Waals surface area contributed by atoms with Crippen molar-refractivity contribution in [1.29, 1.82) is 0 Å². The normalized spacial score (nSPS) is 20.7. The van der Waals surface area contributed by atoms with Gasteiger partial charge in [0.1, 0.15) is 0 Å². The molecule has 0 heterocycles. The van der Waals surface area contributed by atoms with Gasteiger partial charge in [-0.1, -0.05) is 36.4 Å². The molecule has 0 heteroatoms. The Labute approximate surface area is 117 Å². The third kappa shape index (κ3) is 2.83. The van der Waals surface area contributed by atoms with Gasteiger partial charge in [0.2, 0.25) is 0 Å². The lowest BCUT2D eigenvalue weighted by atomic mass is 9.89. The molecule has 3 rings (SSSR count). The number of hydrogen-bond acceptors (Lipinski definition) is 0. The number of hydrogen-bond donors (Lipinski definition) is 0. The monoisotopic (exact) mass is 252 g/mol. The predicted molar refractivity (Wildman–Crippen MR) is 83.0 cm³/mol. The van der Waals surface area contributed by atoms with Gasteiger partial charge in [-0.25, -0.2) is 0 Å². The molecule has 1 aromatic rings.